The third-order valence-electron chi connectivity index (χ3n) is 5.08. The van der Waals surface area contributed by atoms with E-state index in [1.54, 1.807) is 92.0 Å². The van der Waals surface area contributed by atoms with Gasteiger partial charge in [-0.2, -0.15) is 0 Å². The average molecular weight is 490 g/mol. The van der Waals surface area contributed by atoms with Crippen molar-refractivity contribution in [3.8, 4) is 17.2 Å². The fourth-order valence-corrected chi connectivity index (χ4v) is 5.27. The molecule has 0 fully saturated rings. The zero-order chi connectivity index (χ0) is 24.7. The number of benzene rings is 4. The van der Waals surface area contributed by atoms with E-state index in [1.807, 2.05) is 12.1 Å². The fraction of sp³-hybridized carbons (Fsp3) is 0.0769. The smallest absolute Gasteiger partial charge is 0.457 e. The Morgan fingerprint density at radius 3 is 1.71 bits per heavy atom. The first-order chi connectivity index (χ1) is 17.0. The maximum atomic E-state index is 14.5. The molecule has 0 aliphatic carbocycles. The first-order valence-corrected chi connectivity index (χ1v) is 12.3. The summed E-state index contributed by atoms with van der Waals surface area (Å²) in [6, 6.07) is 30.4. The lowest BCUT2D eigenvalue weighted by atomic mass is 10.2. The molecule has 9 heteroatoms. The minimum absolute atomic E-state index is 0.0548. The topological polar surface area (TPSA) is 99.9 Å². The summed E-state index contributed by atoms with van der Waals surface area (Å²) in [6.07, 6.45) is 0. The van der Waals surface area contributed by atoms with Crippen LogP contribution in [-0.2, 0) is 4.57 Å². The van der Waals surface area contributed by atoms with Crippen LogP contribution in [0.4, 0.5) is 11.4 Å². The molecule has 0 saturated heterocycles. The van der Waals surface area contributed by atoms with Gasteiger partial charge in [-0.25, -0.2) is 4.57 Å². The van der Waals surface area contributed by atoms with Crippen LogP contribution in [0.15, 0.2) is 109 Å². The van der Waals surface area contributed by atoms with E-state index in [2.05, 4.69) is 5.32 Å². The summed E-state index contributed by atoms with van der Waals surface area (Å²) in [6.45, 7) is 0. The second-order valence-electron chi connectivity index (χ2n) is 7.47. The molecule has 0 amide bonds. The molecule has 0 saturated carbocycles. The number of nitro benzene ring substituents is 1. The Kier molecular flexibility index (Phi) is 7.33. The molecule has 0 radical (unpaired) electrons. The highest BCUT2D eigenvalue weighted by molar-refractivity contribution is 7.55. The van der Waals surface area contributed by atoms with E-state index in [1.165, 1.54) is 12.1 Å². The van der Waals surface area contributed by atoms with Crippen molar-refractivity contribution < 1.29 is 23.3 Å². The van der Waals surface area contributed by atoms with Crippen LogP contribution in [0.2, 0.25) is 0 Å². The molecule has 1 atom stereocenters. The quantitative estimate of drug-likeness (QED) is 0.144. The van der Waals surface area contributed by atoms with Gasteiger partial charge in [-0.15, -0.1) is 0 Å². The first kappa shape index (κ1) is 23.9. The summed E-state index contributed by atoms with van der Waals surface area (Å²) in [5, 5.41) is 14.3. The predicted molar refractivity (Wildman–Crippen MR) is 134 cm³/mol. The number of rotatable bonds is 10. The number of anilines is 1. The Morgan fingerprint density at radius 1 is 0.743 bits per heavy atom. The van der Waals surface area contributed by atoms with Crippen molar-refractivity contribution in [1.29, 1.82) is 0 Å². The van der Waals surface area contributed by atoms with Gasteiger partial charge in [0, 0.05) is 17.8 Å². The number of hydrogen-bond acceptors (Lipinski definition) is 7. The van der Waals surface area contributed by atoms with Gasteiger partial charge in [-0.05, 0) is 54.1 Å². The van der Waals surface area contributed by atoms with Crippen LogP contribution < -0.4 is 19.1 Å². The summed E-state index contributed by atoms with van der Waals surface area (Å²) in [5.74, 6) is 0.410. The van der Waals surface area contributed by atoms with Gasteiger partial charge in [0.1, 0.15) is 17.2 Å². The molecular formula is C26H23N2O6P. The molecule has 35 heavy (non-hydrogen) atoms. The van der Waals surface area contributed by atoms with Gasteiger partial charge in [0.05, 0.1) is 12.0 Å². The van der Waals surface area contributed by atoms with Gasteiger partial charge in [0.15, 0.2) is 5.78 Å². The number of nitrogens with one attached hydrogen (secondary N) is 1. The number of nitro groups is 1. The van der Waals surface area contributed by atoms with Crippen LogP contribution >= 0.6 is 7.60 Å². The molecule has 0 aromatic heterocycles. The Hall–Kier alpha value is -4.29. The van der Waals surface area contributed by atoms with E-state index in [0.29, 0.717) is 28.5 Å². The maximum Gasteiger partial charge on any atom is 0.457 e. The van der Waals surface area contributed by atoms with Crippen LogP contribution in [0.3, 0.4) is 0 Å². The fourth-order valence-electron chi connectivity index (χ4n) is 3.35. The van der Waals surface area contributed by atoms with E-state index in [4.69, 9.17) is 13.8 Å². The lowest BCUT2D eigenvalue weighted by Crippen LogP contribution is -2.18. The van der Waals surface area contributed by atoms with E-state index in [0.717, 1.165) is 0 Å². The molecule has 4 aromatic rings. The Morgan fingerprint density at radius 2 is 1.26 bits per heavy atom. The minimum Gasteiger partial charge on any atom is -0.497 e. The van der Waals surface area contributed by atoms with Gasteiger partial charge in [-0.3, -0.25) is 10.1 Å². The molecule has 0 aliphatic rings. The molecular weight excluding hydrogens is 467 g/mol. The van der Waals surface area contributed by atoms with Crippen molar-refractivity contribution in [2.24, 2.45) is 0 Å². The molecule has 1 N–H and O–H groups in total. The van der Waals surface area contributed by atoms with Crippen molar-refractivity contribution >= 4 is 19.0 Å². The van der Waals surface area contributed by atoms with Crippen LogP contribution in [-0.4, -0.2) is 12.0 Å². The highest BCUT2D eigenvalue weighted by atomic mass is 31.2. The largest absolute Gasteiger partial charge is 0.497 e. The lowest BCUT2D eigenvalue weighted by Gasteiger charge is -2.29. The average Bonchev–Trinajstić information content (AvgIpc) is 2.88. The van der Waals surface area contributed by atoms with Gasteiger partial charge < -0.3 is 19.1 Å². The van der Waals surface area contributed by atoms with Gasteiger partial charge in [-0.1, -0.05) is 48.5 Å². The highest BCUT2D eigenvalue weighted by Crippen LogP contribution is 2.60. The first-order valence-electron chi connectivity index (χ1n) is 10.7. The summed E-state index contributed by atoms with van der Waals surface area (Å²) in [7, 11) is -2.44. The summed E-state index contributed by atoms with van der Waals surface area (Å²) in [5.41, 5.74) is 1.06. The molecule has 8 nitrogen and oxygen atoms in total. The molecule has 4 aromatic carbocycles. The van der Waals surface area contributed by atoms with Gasteiger partial charge >= 0.3 is 7.60 Å². The number of nitrogens with zero attached hydrogens (tertiary/aromatic N) is 1. The van der Waals surface area contributed by atoms with Crippen molar-refractivity contribution in [1.82, 2.24) is 0 Å². The number of non-ortho nitro benzene ring substituents is 1. The lowest BCUT2D eigenvalue weighted by molar-refractivity contribution is -0.384. The summed E-state index contributed by atoms with van der Waals surface area (Å²) < 4.78 is 31.9. The zero-order valence-electron chi connectivity index (χ0n) is 18.8. The Bertz CT molecular complexity index is 1250. The van der Waals surface area contributed by atoms with E-state index >= 15 is 0 Å². The van der Waals surface area contributed by atoms with Crippen LogP contribution in [0.25, 0.3) is 0 Å². The monoisotopic (exact) mass is 490 g/mol. The third-order valence-corrected chi connectivity index (χ3v) is 7.07. The molecule has 0 bridgehead atoms. The number of methoxy groups -OCH3 is 1. The van der Waals surface area contributed by atoms with E-state index in [9.17, 15) is 14.7 Å². The highest BCUT2D eigenvalue weighted by Gasteiger charge is 2.41. The van der Waals surface area contributed by atoms with Crippen LogP contribution in [0.5, 0.6) is 17.2 Å². The number of ether oxygens (including phenoxy) is 1. The predicted octanol–water partition coefficient (Wildman–Crippen LogP) is 7.07. The second-order valence-corrected chi connectivity index (χ2v) is 9.43. The summed E-state index contributed by atoms with van der Waals surface area (Å²) >= 11 is 0. The normalized spacial score (nSPS) is 11.8. The Labute approximate surface area is 202 Å². The van der Waals surface area contributed by atoms with Crippen molar-refractivity contribution in [3.63, 3.8) is 0 Å². The Balaban J connectivity index is 1.78. The molecule has 0 unspecified atom stereocenters. The molecule has 4 rings (SSSR count). The standard InChI is InChI=1S/C26H23N2O6P/c1-32-23-18-12-20(13-19-23)26(27-21-14-16-22(17-15-21)28(29)30)35(31,33-24-8-4-2-5-9-24)34-25-10-6-3-7-11-25/h2-19,26-27H,1H3/t26-/m1/s1. The van der Waals surface area contributed by atoms with Crippen molar-refractivity contribution in [2.75, 3.05) is 12.4 Å². The second kappa shape index (κ2) is 10.8. The third kappa shape index (κ3) is 5.99. The SMILES string of the molecule is COc1ccc([C@H](Nc2ccc([N+](=O)[O-])cc2)P(=O)(Oc2ccccc2)Oc2ccccc2)cc1. The molecule has 0 aliphatic heterocycles. The van der Waals surface area contributed by atoms with E-state index in [-0.39, 0.29) is 5.69 Å². The molecule has 178 valence electrons. The van der Waals surface area contributed by atoms with Gasteiger partial charge in [0.25, 0.3) is 5.69 Å². The zero-order valence-corrected chi connectivity index (χ0v) is 19.7. The van der Waals surface area contributed by atoms with Gasteiger partial charge in [0.2, 0.25) is 0 Å². The van der Waals surface area contributed by atoms with Crippen LogP contribution in [0, 0.1) is 10.1 Å². The van der Waals surface area contributed by atoms with E-state index < -0.39 is 18.3 Å². The molecule has 0 heterocycles. The molecule has 0 spiro atoms. The number of hydrogen-bond donors (Lipinski definition) is 1. The minimum atomic E-state index is -4.00. The van der Waals surface area contributed by atoms with Crippen molar-refractivity contribution in [3.05, 3.63) is 125 Å². The number of para-hydroxylation sites is 2. The van der Waals surface area contributed by atoms with Crippen LogP contribution in [0.1, 0.15) is 11.3 Å². The maximum absolute atomic E-state index is 14.5. The summed E-state index contributed by atoms with van der Waals surface area (Å²) in [4.78, 5) is 10.6. The van der Waals surface area contributed by atoms with Crippen molar-refractivity contribution in [2.45, 2.75) is 5.78 Å².